The molecule has 1 aliphatic rings. The first-order valence-electron chi connectivity index (χ1n) is 8.84. The maximum absolute atomic E-state index is 13.0. The van der Waals surface area contributed by atoms with Crippen molar-refractivity contribution in [3.05, 3.63) is 64.2 Å². The molecule has 0 saturated heterocycles. The number of hydrogen-bond acceptors (Lipinski definition) is 3. The van der Waals surface area contributed by atoms with Crippen molar-refractivity contribution in [2.24, 2.45) is 5.92 Å². The first kappa shape index (κ1) is 19.1. The minimum absolute atomic E-state index is 0.116. The van der Waals surface area contributed by atoms with Crippen molar-refractivity contribution < 1.29 is 14.4 Å². The lowest BCUT2D eigenvalue weighted by atomic mass is 10.0. The molecule has 0 spiro atoms. The summed E-state index contributed by atoms with van der Waals surface area (Å²) in [4.78, 5) is 39.7. The van der Waals surface area contributed by atoms with E-state index in [0.717, 1.165) is 10.5 Å². The molecule has 0 radical (unpaired) electrons. The molecule has 0 aliphatic carbocycles. The molecule has 0 saturated carbocycles. The third-order valence-corrected chi connectivity index (χ3v) is 5.07. The van der Waals surface area contributed by atoms with Crippen molar-refractivity contribution in [1.82, 2.24) is 4.90 Å². The van der Waals surface area contributed by atoms with Crippen LogP contribution in [-0.2, 0) is 4.79 Å². The van der Waals surface area contributed by atoms with Gasteiger partial charge >= 0.3 is 0 Å². The molecule has 140 valence electrons. The van der Waals surface area contributed by atoms with Crippen molar-refractivity contribution in [1.29, 1.82) is 0 Å². The first-order valence-corrected chi connectivity index (χ1v) is 9.22. The van der Waals surface area contributed by atoms with Crippen LogP contribution in [0, 0.1) is 12.8 Å². The highest BCUT2D eigenvalue weighted by Gasteiger charge is 2.42. The van der Waals surface area contributed by atoms with Gasteiger partial charge in [-0.05, 0) is 49.1 Å². The predicted molar refractivity (Wildman–Crippen MR) is 105 cm³/mol. The minimum atomic E-state index is -0.893. The summed E-state index contributed by atoms with van der Waals surface area (Å²) in [5, 5.41) is 3.37. The Morgan fingerprint density at radius 1 is 1.04 bits per heavy atom. The number of imide groups is 1. The third kappa shape index (κ3) is 3.60. The number of carbonyl (C=O) groups excluding carboxylic acids is 3. The summed E-state index contributed by atoms with van der Waals surface area (Å²) in [6, 6.07) is 11.0. The number of fused-ring (bicyclic) bond motifs is 1. The van der Waals surface area contributed by atoms with E-state index >= 15 is 0 Å². The molecule has 0 aromatic heterocycles. The molecule has 1 aliphatic heterocycles. The molecule has 27 heavy (non-hydrogen) atoms. The predicted octanol–water partition coefficient (Wildman–Crippen LogP) is 4.30. The van der Waals surface area contributed by atoms with Crippen molar-refractivity contribution >= 4 is 35.0 Å². The number of carbonyl (C=O) groups is 3. The van der Waals surface area contributed by atoms with Crippen LogP contribution in [-0.4, -0.2) is 28.7 Å². The Morgan fingerprint density at radius 2 is 1.63 bits per heavy atom. The number of nitrogens with one attached hydrogen (secondary N) is 1. The number of anilines is 1. The Morgan fingerprint density at radius 3 is 2.19 bits per heavy atom. The fourth-order valence-electron chi connectivity index (χ4n) is 3.23. The van der Waals surface area contributed by atoms with E-state index in [1.165, 1.54) is 0 Å². The van der Waals surface area contributed by atoms with Gasteiger partial charge in [-0.15, -0.1) is 0 Å². The van der Waals surface area contributed by atoms with Gasteiger partial charge in [0.1, 0.15) is 6.04 Å². The van der Waals surface area contributed by atoms with Crippen LogP contribution >= 0.6 is 11.6 Å². The van der Waals surface area contributed by atoms with Gasteiger partial charge in [-0.3, -0.25) is 19.3 Å². The number of nitrogens with zero attached hydrogens (tertiary/aromatic N) is 1. The molecule has 2 aromatic rings. The molecule has 1 N–H and O–H groups in total. The lowest BCUT2D eigenvalue weighted by molar-refractivity contribution is -0.120. The highest BCUT2D eigenvalue weighted by Crippen LogP contribution is 2.28. The molecule has 5 nitrogen and oxygen atoms in total. The van der Waals surface area contributed by atoms with Crippen molar-refractivity contribution in [2.75, 3.05) is 5.32 Å². The van der Waals surface area contributed by atoms with Crippen LogP contribution in [0.4, 0.5) is 5.69 Å². The summed E-state index contributed by atoms with van der Waals surface area (Å²) in [7, 11) is 0. The van der Waals surface area contributed by atoms with Gasteiger partial charge < -0.3 is 5.32 Å². The maximum Gasteiger partial charge on any atom is 0.262 e. The van der Waals surface area contributed by atoms with Crippen LogP contribution in [0.3, 0.4) is 0 Å². The van der Waals surface area contributed by atoms with Crippen LogP contribution in [0.5, 0.6) is 0 Å². The van der Waals surface area contributed by atoms with E-state index < -0.39 is 23.8 Å². The Hall–Kier alpha value is -2.66. The molecule has 6 heteroatoms. The van der Waals surface area contributed by atoms with E-state index in [9.17, 15) is 14.4 Å². The summed E-state index contributed by atoms with van der Waals surface area (Å²) in [5.41, 5.74) is 1.97. The van der Waals surface area contributed by atoms with Gasteiger partial charge in [-0.2, -0.15) is 0 Å². The number of rotatable bonds is 5. The summed E-state index contributed by atoms with van der Waals surface area (Å²) in [6.07, 6.45) is 0.372. The van der Waals surface area contributed by atoms with E-state index in [4.69, 9.17) is 11.6 Å². The van der Waals surface area contributed by atoms with Crippen molar-refractivity contribution in [3.8, 4) is 0 Å². The van der Waals surface area contributed by atoms with Crippen LogP contribution in [0.25, 0.3) is 0 Å². The molecular weight excluding hydrogens is 364 g/mol. The maximum atomic E-state index is 13.0. The zero-order valence-corrected chi connectivity index (χ0v) is 16.2. The molecule has 1 heterocycles. The molecule has 3 rings (SSSR count). The number of halogens is 1. The zero-order chi connectivity index (χ0) is 19.7. The van der Waals surface area contributed by atoms with Gasteiger partial charge in [0.15, 0.2) is 0 Å². The number of amides is 3. The van der Waals surface area contributed by atoms with Crippen molar-refractivity contribution in [3.63, 3.8) is 0 Å². The second kappa shape index (κ2) is 7.53. The van der Waals surface area contributed by atoms with Crippen LogP contribution in [0.2, 0.25) is 5.02 Å². The summed E-state index contributed by atoms with van der Waals surface area (Å²) in [6.45, 7) is 5.70. The molecule has 2 aromatic carbocycles. The number of benzene rings is 2. The third-order valence-electron chi connectivity index (χ3n) is 4.66. The fraction of sp³-hybridized carbons (Fsp3) is 0.286. The fourth-order valence-corrected chi connectivity index (χ4v) is 3.40. The molecular formula is C21H21ClN2O3. The molecule has 1 unspecified atom stereocenters. The largest absolute Gasteiger partial charge is 0.324 e. The lowest BCUT2D eigenvalue weighted by Gasteiger charge is -2.27. The van der Waals surface area contributed by atoms with E-state index in [1.807, 2.05) is 13.8 Å². The van der Waals surface area contributed by atoms with Crippen molar-refractivity contribution in [2.45, 2.75) is 33.2 Å². The average molecular weight is 385 g/mol. The molecule has 0 bridgehead atoms. The van der Waals surface area contributed by atoms with Crippen LogP contribution in [0.15, 0.2) is 42.5 Å². The highest BCUT2D eigenvalue weighted by molar-refractivity contribution is 6.31. The van der Waals surface area contributed by atoms with E-state index in [2.05, 4.69) is 5.32 Å². The highest BCUT2D eigenvalue weighted by atomic mass is 35.5. The SMILES string of the molecule is Cc1c(Cl)cccc1NC(=O)C(CC(C)C)N1C(=O)c2ccccc2C1=O. The Balaban J connectivity index is 1.93. The van der Waals surface area contributed by atoms with Crippen LogP contribution in [0.1, 0.15) is 46.5 Å². The Kier molecular flexibility index (Phi) is 5.33. The summed E-state index contributed by atoms with van der Waals surface area (Å²) < 4.78 is 0. The topological polar surface area (TPSA) is 66.5 Å². The van der Waals surface area contributed by atoms with Crippen LogP contribution < -0.4 is 5.32 Å². The molecule has 3 amide bonds. The second-order valence-electron chi connectivity index (χ2n) is 7.07. The van der Waals surface area contributed by atoms with Gasteiger partial charge in [-0.1, -0.05) is 43.6 Å². The van der Waals surface area contributed by atoms with Gasteiger partial charge in [-0.25, -0.2) is 0 Å². The number of hydrogen-bond donors (Lipinski definition) is 1. The quantitative estimate of drug-likeness (QED) is 0.781. The standard InChI is InChI=1S/C21H21ClN2O3/c1-12(2)11-18(19(25)23-17-10-6-9-16(22)13(17)3)24-20(26)14-7-4-5-8-15(14)21(24)27/h4-10,12,18H,11H2,1-3H3,(H,23,25). The Bertz CT molecular complexity index is 888. The van der Waals surface area contributed by atoms with Gasteiger partial charge in [0.05, 0.1) is 11.1 Å². The normalized spacial score (nSPS) is 14.5. The summed E-state index contributed by atoms with van der Waals surface area (Å²) in [5.74, 6) is -1.15. The second-order valence-corrected chi connectivity index (χ2v) is 7.48. The summed E-state index contributed by atoms with van der Waals surface area (Å²) >= 11 is 6.13. The van der Waals surface area contributed by atoms with Gasteiger partial charge in [0, 0.05) is 10.7 Å². The van der Waals surface area contributed by atoms with E-state index in [0.29, 0.717) is 28.3 Å². The van der Waals surface area contributed by atoms with Gasteiger partial charge in [0.25, 0.3) is 11.8 Å². The van der Waals surface area contributed by atoms with E-state index in [-0.39, 0.29) is 5.92 Å². The lowest BCUT2D eigenvalue weighted by Crippen LogP contribution is -2.48. The van der Waals surface area contributed by atoms with Gasteiger partial charge in [0.2, 0.25) is 5.91 Å². The smallest absolute Gasteiger partial charge is 0.262 e. The Labute approximate surface area is 163 Å². The monoisotopic (exact) mass is 384 g/mol. The first-order chi connectivity index (χ1) is 12.8. The molecule has 0 fully saturated rings. The van der Waals surface area contributed by atoms with E-state index in [1.54, 1.807) is 49.4 Å². The zero-order valence-electron chi connectivity index (χ0n) is 15.5. The molecule has 1 atom stereocenters. The minimum Gasteiger partial charge on any atom is -0.324 e. The average Bonchev–Trinajstić information content (AvgIpc) is 2.88.